The van der Waals surface area contributed by atoms with Crippen molar-refractivity contribution in [3.63, 3.8) is 0 Å². The van der Waals surface area contributed by atoms with Gasteiger partial charge in [-0.25, -0.2) is 18.0 Å². The summed E-state index contributed by atoms with van der Waals surface area (Å²) in [6, 6.07) is 12.8. The van der Waals surface area contributed by atoms with Gasteiger partial charge in [0, 0.05) is 37.3 Å². The van der Waals surface area contributed by atoms with Gasteiger partial charge in [0.05, 0.1) is 11.4 Å². The first kappa shape index (κ1) is 37.6. The lowest BCUT2D eigenvalue weighted by Gasteiger charge is -2.26. The number of sulfonamides is 1. The number of nitrogen functional groups attached to an aromatic ring is 1. The summed E-state index contributed by atoms with van der Waals surface area (Å²) in [5.41, 5.74) is 6.38. The molecule has 2 aromatic rings. The number of nitrogens with one attached hydrogen (secondary N) is 3. The number of halogens is 6. The Kier molecular flexibility index (Phi) is 14.0. The molecule has 0 atom stereocenters. The number of piperazine rings is 1. The predicted octanol–water partition coefficient (Wildman–Crippen LogP) is 1.64. The minimum atomic E-state index is -5.08. The Hall–Kier alpha value is -4.43. The summed E-state index contributed by atoms with van der Waals surface area (Å²) >= 11 is 0. The zero-order chi connectivity index (χ0) is 33.7. The van der Waals surface area contributed by atoms with Crippen LogP contribution in [0.4, 0.5) is 26.3 Å². The highest BCUT2D eigenvalue weighted by molar-refractivity contribution is 7.89. The number of carbonyl (C=O) groups excluding carboxylic acids is 1. The number of nitrogens with zero attached hydrogens (tertiary/aromatic N) is 1. The summed E-state index contributed by atoms with van der Waals surface area (Å²) in [5, 5.41) is 27.5. The maximum atomic E-state index is 12.6. The van der Waals surface area contributed by atoms with Gasteiger partial charge in [-0.2, -0.15) is 30.6 Å². The van der Waals surface area contributed by atoms with E-state index in [1.807, 2.05) is 0 Å². The molecular formula is C24H27F6N5O8S. The Bertz CT molecular complexity index is 1370. The molecule has 244 valence electrons. The molecule has 1 aliphatic heterocycles. The number of carboxylic acids is 2. The van der Waals surface area contributed by atoms with E-state index in [0.717, 1.165) is 0 Å². The van der Waals surface area contributed by atoms with Gasteiger partial charge in [-0.05, 0) is 36.4 Å². The molecule has 1 saturated heterocycles. The van der Waals surface area contributed by atoms with Crippen molar-refractivity contribution < 1.29 is 64.1 Å². The average Bonchev–Trinajstić information content (AvgIpc) is 2.95. The number of nitrogens with two attached hydrogens (primary N) is 1. The number of rotatable bonds is 8. The van der Waals surface area contributed by atoms with Gasteiger partial charge in [-0.15, -0.1) is 0 Å². The van der Waals surface area contributed by atoms with Gasteiger partial charge in [0.15, 0.2) is 0 Å². The number of hydrogen-bond donors (Lipinski definition) is 6. The number of amidine groups is 1. The van der Waals surface area contributed by atoms with Crippen LogP contribution in [0.15, 0.2) is 53.4 Å². The van der Waals surface area contributed by atoms with Crippen molar-refractivity contribution in [1.82, 2.24) is 14.9 Å². The second-order valence-corrected chi connectivity index (χ2v) is 10.3. The van der Waals surface area contributed by atoms with Crippen LogP contribution in [0.2, 0.25) is 0 Å². The van der Waals surface area contributed by atoms with E-state index in [9.17, 15) is 39.6 Å². The van der Waals surface area contributed by atoms with Gasteiger partial charge >= 0.3 is 24.3 Å². The summed E-state index contributed by atoms with van der Waals surface area (Å²) in [6.07, 6.45) is -10.2. The molecule has 0 radical (unpaired) electrons. The molecule has 3 rings (SSSR count). The number of carbonyl (C=O) groups is 3. The number of ether oxygens (including phenoxy) is 1. The van der Waals surface area contributed by atoms with Gasteiger partial charge < -0.3 is 31.3 Å². The number of carboxylic acid groups (broad SMARTS) is 2. The zero-order valence-electron chi connectivity index (χ0n) is 22.4. The van der Waals surface area contributed by atoms with E-state index in [4.69, 9.17) is 35.7 Å². The summed E-state index contributed by atoms with van der Waals surface area (Å²) in [4.78, 5) is 30.2. The average molecular weight is 660 g/mol. The van der Waals surface area contributed by atoms with Crippen molar-refractivity contribution >= 4 is 33.7 Å². The van der Waals surface area contributed by atoms with Crippen LogP contribution < -0.4 is 21.1 Å². The van der Waals surface area contributed by atoms with Crippen LogP contribution in [-0.4, -0.2) is 98.3 Å². The van der Waals surface area contributed by atoms with E-state index < -0.39 is 34.3 Å². The lowest BCUT2D eigenvalue weighted by molar-refractivity contribution is -0.193. The maximum Gasteiger partial charge on any atom is 0.490 e. The van der Waals surface area contributed by atoms with Crippen LogP contribution in [-0.2, 0) is 19.6 Å². The second kappa shape index (κ2) is 16.4. The fourth-order valence-corrected chi connectivity index (χ4v) is 4.44. The van der Waals surface area contributed by atoms with Crippen LogP contribution in [0.1, 0.15) is 15.9 Å². The third kappa shape index (κ3) is 12.8. The lowest BCUT2D eigenvalue weighted by Crippen LogP contribution is -2.46. The molecule has 0 spiro atoms. The third-order valence-electron chi connectivity index (χ3n) is 5.12. The third-order valence-corrected chi connectivity index (χ3v) is 7.03. The number of aliphatic carboxylic acids is 2. The Balaban J connectivity index is 0.000000574. The second-order valence-electron chi connectivity index (χ2n) is 8.33. The zero-order valence-corrected chi connectivity index (χ0v) is 23.2. The lowest BCUT2D eigenvalue weighted by atomic mass is 10.2. The molecule has 7 N–H and O–H groups in total. The van der Waals surface area contributed by atoms with Crippen LogP contribution in [0, 0.1) is 5.41 Å². The molecule has 0 aromatic heterocycles. The topological polar surface area (TPSA) is 212 Å². The molecule has 2 aromatic carbocycles. The molecular weight excluding hydrogens is 632 g/mol. The molecule has 1 aliphatic rings. The molecule has 0 bridgehead atoms. The smallest absolute Gasteiger partial charge is 0.490 e. The van der Waals surface area contributed by atoms with Crippen molar-refractivity contribution in [3.8, 4) is 5.75 Å². The van der Waals surface area contributed by atoms with E-state index in [-0.39, 0.29) is 29.8 Å². The monoisotopic (exact) mass is 659 g/mol. The summed E-state index contributed by atoms with van der Waals surface area (Å²) in [5.74, 6) is -5.32. The summed E-state index contributed by atoms with van der Waals surface area (Å²) < 4.78 is 95.8. The fourth-order valence-electron chi connectivity index (χ4n) is 3.00. The molecule has 44 heavy (non-hydrogen) atoms. The summed E-state index contributed by atoms with van der Waals surface area (Å²) in [7, 11) is -3.55. The Morgan fingerprint density at radius 3 is 1.89 bits per heavy atom. The number of hydrogen-bond acceptors (Lipinski definition) is 8. The van der Waals surface area contributed by atoms with Crippen molar-refractivity contribution in [2.75, 3.05) is 39.3 Å². The highest BCUT2D eigenvalue weighted by atomic mass is 32.2. The first-order valence-corrected chi connectivity index (χ1v) is 13.5. The van der Waals surface area contributed by atoms with Gasteiger partial charge in [0.25, 0.3) is 5.91 Å². The highest BCUT2D eigenvalue weighted by Crippen LogP contribution is 2.17. The SMILES string of the molecule is N=C(N)c1cccc(OCCNC(=O)c2ccc(S(=O)(=O)N3CCNCC3)cc2)c1.O=C(O)C(F)(F)F.O=C(O)C(F)(F)F. The van der Waals surface area contributed by atoms with Crippen LogP contribution >= 0.6 is 0 Å². The van der Waals surface area contributed by atoms with Gasteiger partial charge in [-0.1, -0.05) is 12.1 Å². The molecule has 1 fully saturated rings. The van der Waals surface area contributed by atoms with Gasteiger partial charge in [0.1, 0.15) is 18.2 Å². The largest absolute Gasteiger partial charge is 0.492 e. The van der Waals surface area contributed by atoms with Crippen molar-refractivity contribution in [2.24, 2.45) is 5.73 Å². The number of alkyl halides is 6. The molecule has 0 saturated carbocycles. The van der Waals surface area contributed by atoms with E-state index in [0.29, 0.717) is 43.1 Å². The Labute approximate surface area is 246 Å². The van der Waals surface area contributed by atoms with Crippen LogP contribution in [0.3, 0.4) is 0 Å². The first-order chi connectivity index (χ1) is 20.3. The fraction of sp³-hybridized carbons (Fsp3) is 0.333. The van der Waals surface area contributed by atoms with Crippen molar-refractivity contribution in [2.45, 2.75) is 17.2 Å². The summed E-state index contributed by atoms with van der Waals surface area (Å²) in [6.45, 7) is 2.62. The molecule has 20 heteroatoms. The molecule has 0 aliphatic carbocycles. The molecule has 13 nitrogen and oxygen atoms in total. The predicted molar refractivity (Wildman–Crippen MR) is 141 cm³/mol. The maximum absolute atomic E-state index is 12.6. The van der Waals surface area contributed by atoms with Crippen LogP contribution in [0.25, 0.3) is 0 Å². The molecule has 0 unspecified atom stereocenters. The van der Waals surface area contributed by atoms with Gasteiger partial charge in [-0.3, -0.25) is 10.2 Å². The number of benzene rings is 2. The van der Waals surface area contributed by atoms with Crippen molar-refractivity contribution in [1.29, 1.82) is 5.41 Å². The van der Waals surface area contributed by atoms with Crippen molar-refractivity contribution in [3.05, 3.63) is 59.7 Å². The first-order valence-electron chi connectivity index (χ1n) is 12.0. The normalized spacial score (nSPS) is 13.7. The molecule has 1 heterocycles. The minimum absolute atomic E-state index is 0.0452. The number of amides is 1. The minimum Gasteiger partial charge on any atom is -0.492 e. The van der Waals surface area contributed by atoms with E-state index in [2.05, 4.69) is 10.6 Å². The van der Waals surface area contributed by atoms with Crippen LogP contribution in [0.5, 0.6) is 5.75 Å². The Morgan fingerprint density at radius 2 is 1.43 bits per heavy atom. The standard InChI is InChI=1S/C20H25N5O4S.2C2HF3O2/c21-19(22)16-2-1-3-17(14-16)29-13-10-24-20(26)15-4-6-18(7-5-15)30(27,28)25-11-8-23-9-12-25;2*3-2(4,5)1(6)7/h1-7,14,23H,8-13H2,(H3,21,22)(H,24,26);2*(H,6,7). The van der Waals surface area contributed by atoms with E-state index >= 15 is 0 Å². The quantitative estimate of drug-likeness (QED) is 0.104. The highest BCUT2D eigenvalue weighted by Gasteiger charge is 2.38. The van der Waals surface area contributed by atoms with E-state index in [1.165, 1.54) is 28.6 Å². The molecule has 1 amide bonds. The van der Waals surface area contributed by atoms with E-state index in [1.54, 1.807) is 24.3 Å². The van der Waals surface area contributed by atoms with Gasteiger partial charge in [0.2, 0.25) is 10.0 Å². The Morgan fingerprint density at radius 1 is 0.932 bits per heavy atom.